The van der Waals surface area contributed by atoms with Crippen molar-refractivity contribution in [3.8, 4) is 0 Å². The summed E-state index contributed by atoms with van der Waals surface area (Å²) >= 11 is 5.69. The van der Waals surface area contributed by atoms with Crippen LogP contribution in [0, 0.1) is 0 Å². The average molecular weight is 199 g/mol. The van der Waals surface area contributed by atoms with Crippen molar-refractivity contribution >= 4 is 21.6 Å². The van der Waals surface area contributed by atoms with Gasteiger partial charge < -0.3 is 0 Å². The molecule has 1 aliphatic rings. The maximum Gasteiger partial charge on any atom is 0.213 e. The lowest BCUT2D eigenvalue weighted by Crippen LogP contribution is -2.44. The number of alkyl halides is 1. The summed E-state index contributed by atoms with van der Waals surface area (Å²) in [4.78, 5) is 0. The molecule has 1 fully saturated rings. The van der Waals surface area contributed by atoms with E-state index >= 15 is 0 Å². The normalized spacial score (nSPS) is 33.6. The molecule has 0 spiro atoms. The van der Waals surface area contributed by atoms with Gasteiger partial charge in [-0.3, -0.25) is 5.32 Å². The molecule has 0 amide bonds. The van der Waals surface area contributed by atoms with Gasteiger partial charge in [-0.1, -0.05) is 0 Å². The lowest BCUT2D eigenvalue weighted by atomic mass is 10.2. The highest BCUT2D eigenvalue weighted by atomic mass is 35.5. The molecule has 0 saturated carbocycles. The first-order valence-electron chi connectivity index (χ1n) is 3.39. The van der Waals surface area contributed by atoms with Crippen molar-refractivity contribution in [3.63, 3.8) is 0 Å². The Morgan fingerprint density at radius 2 is 2.09 bits per heavy atom. The summed E-state index contributed by atoms with van der Waals surface area (Å²) in [5.41, 5.74) is -0.104. The van der Waals surface area contributed by atoms with E-state index in [1.54, 1.807) is 0 Å². The average Bonchev–Trinajstić information content (AvgIpc) is 1.86. The standard InChI is InChI=1S/C5H11ClN2O2S/c6-5-2-1-4(3-8-5)11(7,9)10/h4-5,8H,1-3H2,(H2,7,9,10)/t4-,5+/m1/s1. The zero-order valence-electron chi connectivity index (χ0n) is 5.96. The van der Waals surface area contributed by atoms with E-state index in [-0.39, 0.29) is 5.50 Å². The molecule has 0 unspecified atom stereocenters. The van der Waals surface area contributed by atoms with E-state index in [4.69, 9.17) is 16.7 Å². The summed E-state index contributed by atoms with van der Waals surface area (Å²) in [6, 6.07) is 0. The van der Waals surface area contributed by atoms with Crippen LogP contribution in [0.2, 0.25) is 0 Å². The fraction of sp³-hybridized carbons (Fsp3) is 1.00. The Morgan fingerprint density at radius 3 is 2.45 bits per heavy atom. The van der Waals surface area contributed by atoms with Gasteiger partial charge in [-0.2, -0.15) is 0 Å². The highest BCUT2D eigenvalue weighted by Gasteiger charge is 2.26. The third-order valence-electron chi connectivity index (χ3n) is 1.77. The van der Waals surface area contributed by atoms with Crippen LogP contribution in [-0.4, -0.2) is 25.7 Å². The van der Waals surface area contributed by atoms with Crippen LogP contribution in [0.4, 0.5) is 0 Å². The van der Waals surface area contributed by atoms with Crippen LogP contribution in [-0.2, 0) is 10.0 Å². The molecule has 1 rings (SSSR count). The molecule has 66 valence electrons. The molecule has 0 aromatic rings. The number of primary sulfonamides is 1. The van der Waals surface area contributed by atoms with E-state index in [2.05, 4.69) is 5.32 Å². The Kier molecular flexibility index (Phi) is 2.74. The summed E-state index contributed by atoms with van der Waals surface area (Å²) in [5.74, 6) is 0. The molecule has 11 heavy (non-hydrogen) atoms. The molecule has 0 radical (unpaired) electrons. The van der Waals surface area contributed by atoms with Crippen molar-refractivity contribution in [2.75, 3.05) is 6.54 Å². The third kappa shape index (κ3) is 2.59. The van der Waals surface area contributed by atoms with Gasteiger partial charge in [0.05, 0.1) is 10.8 Å². The first-order chi connectivity index (χ1) is 5.00. The van der Waals surface area contributed by atoms with Crippen molar-refractivity contribution in [2.24, 2.45) is 5.14 Å². The van der Waals surface area contributed by atoms with Crippen LogP contribution in [0.1, 0.15) is 12.8 Å². The number of nitrogens with one attached hydrogen (secondary N) is 1. The smallest absolute Gasteiger partial charge is 0.213 e. The molecule has 0 bridgehead atoms. The van der Waals surface area contributed by atoms with E-state index in [9.17, 15) is 8.42 Å². The second kappa shape index (κ2) is 3.26. The quantitative estimate of drug-likeness (QED) is 0.445. The van der Waals surface area contributed by atoms with Gasteiger partial charge in [0.15, 0.2) is 0 Å². The predicted octanol–water partition coefficient (Wildman–Crippen LogP) is -0.408. The Labute approximate surface area is 71.1 Å². The van der Waals surface area contributed by atoms with Crippen LogP contribution in [0.15, 0.2) is 0 Å². The summed E-state index contributed by atoms with van der Waals surface area (Å²) in [7, 11) is -3.37. The molecule has 0 aromatic heterocycles. The van der Waals surface area contributed by atoms with Crippen LogP contribution >= 0.6 is 11.6 Å². The molecule has 2 atom stereocenters. The fourth-order valence-electron chi connectivity index (χ4n) is 1.08. The topological polar surface area (TPSA) is 72.2 Å². The summed E-state index contributed by atoms with van der Waals surface area (Å²) in [6.07, 6.45) is 1.21. The van der Waals surface area contributed by atoms with Crippen molar-refractivity contribution in [1.82, 2.24) is 5.32 Å². The number of nitrogens with two attached hydrogens (primary N) is 1. The minimum absolute atomic E-state index is 0.104. The number of hydrogen-bond acceptors (Lipinski definition) is 3. The molecule has 1 saturated heterocycles. The minimum atomic E-state index is -3.37. The first-order valence-corrected chi connectivity index (χ1v) is 5.44. The van der Waals surface area contributed by atoms with Crippen molar-refractivity contribution in [1.29, 1.82) is 0 Å². The van der Waals surface area contributed by atoms with Gasteiger partial charge >= 0.3 is 0 Å². The maximum atomic E-state index is 10.8. The summed E-state index contributed by atoms with van der Waals surface area (Å²) in [6.45, 7) is 0.368. The Hall–Kier alpha value is 0.160. The van der Waals surface area contributed by atoms with E-state index in [0.717, 1.165) is 0 Å². The number of hydrogen-bond donors (Lipinski definition) is 2. The second-order valence-electron chi connectivity index (χ2n) is 2.66. The van der Waals surface area contributed by atoms with E-state index in [1.807, 2.05) is 0 Å². The van der Waals surface area contributed by atoms with Crippen LogP contribution < -0.4 is 10.5 Å². The van der Waals surface area contributed by atoms with Gasteiger partial charge in [0.25, 0.3) is 0 Å². The van der Waals surface area contributed by atoms with Gasteiger partial charge in [0.1, 0.15) is 0 Å². The third-order valence-corrected chi connectivity index (χ3v) is 3.48. The molecular weight excluding hydrogens is 188 g/mol. The number of halogens is 1. The highest BCUT2D eigenvalue weighted by Crippen LogP contribution is 2.14. The number of piperidine rings is 1. The van der Waals surface area contributed by atoms with E-state index in [1.165, 1.54) is 0 Å². The molecule has 4 nitrogen and oxygen atoms in total. The van der Waals surface area contributed by atoms with Crippen LogP contribution in [0.3, 0.4) is 0 Å². The van der Waals surface area contributed by atoms with Gasteiger partial charge in [-0.25, -0.2) is 13.6 Å². The van der Waals surface area contributed by atoms with Crippen LogP contribution in [0.5, 0.6) is 0 Å². The SMILES string of the molecule is NS(=O)(=O)[C@@H]1CC[C@@H](Cl)NC1. The molecule has 1 heterocycles. The summed E-state index contributed by atoms with van der Waals surface area (Å²) in [5, 5.41) is 7.33. The van der Waals surface area contributed by atoms with Gasteiger partial charge in [0, 0.05) is 6.54 Å². The minimum Gasteiger partial charge on any atom is -0.300 e. The Balaban J connectivity index is 2.53. The van der Waals surface area contributed by atoms with Crippen molar-refractivity contribution in [2.45, 2.75) is 23.6 Å². The lowest BCUT2D eigenvalue weighted by molar-refractivity contribution is 0.472. The highest BCUT2D eigenvalue weighted by molar-refractivity contribution is 7.89. The van der Waals surface area contributed by atoms with Gasteiger partial charge in [0.2, 0.25) is 10.0 Å². The Morgan fingerprint density at radius 1 is 1.45 bits per heavy atom. The lowest BCUT2D eigenvalue weighted by Gasteiger charge is -2.24. The first kappa shape index (κ1) is 9.25. The second-order valence-corrected chi connectivity index (χ2v) is 5.04. The summed E-state index contributed by atoms with van der Waals surface area (Å²) < 4.78 is 21.6. The van der Waals surface area contributed by atoms with Gasteiger partial charge in [-0.05, 0) is 12.8 Å². The molecule has 1 aliphatic heterocycles. The van der Waals surface area contributed by atoms with Gasteiger partial charge in [-0.15, -0.1) is 11.6 Å². The Bertz CT molecular complexity index is 221. The maximum absolute atomic E-state index is 10.8. The zero-order chi connectivity index (χ0) is 8.48. The number of sulfonamides is 1. The fourth-order valence-corrected chi connectivity index (χ4v) is 2.08. The molecule has 0 aliphatic carbocycles. The number of rotatable bonds is 1. The monoisotopic (exact) mass is 198 g/mol. The van der Waals surface area contributed by atoms with Crippen molar-refractivity contribution in [3.05, 3.63) is 0 Å². The van der Waals surface area contributed by atoms with Crippen LogP contribution in [0.25, 0.3) is 0 Å². The molecule has 3 N–H and O–H groups in total. The molecule has 0 aromatic carbocycles. The van der Waals surface area contributed by atoms with Crippen molar-refractivity contribution < 1.29 is 8.42 Å². The van der Waals surface area contributed by atoms with E-state index in [0.29, 0.717) is 19.4 Å². The molecule has 6 heteroatoms. The van der Waals surface area contributed by atoms with E-state index < -0.39 is 15.3 Å². The largest absolute Gasteiger partial charge is 0.300 e. The zero-order valence-corrected chi connectivity index (χ0v) is 7.53. The molecular formula is C5H11ClN2O2S. The predicted molar refractivity (Wildman–Crippen MR) is 43.8 cm³/mol.